The van der Waals surface area contributed by atoms with Gasteiger partial charge in [0.2, 0.25) is 0 Å². The zero-order valence-electron chi connectivity index (χ0n) is 17.5. The molecule has 0 radical (unpaired) electrons. The van der Waals surface area contributed by atoms with Gasteiger partial charge >= 0.3 is 0 Å². The molecule has 152 valence electrons. The van der Waals surface area contributed by atoms with Crippen molar-refractivity contribution in [1.82, 2.24) is 4.98 Å². The van der Waals surface area contributed by atoms with Crippen LogP contribution >= 0.6 is 0 Å². The molecule has 0 atom stereocenters. The fraction of sp³-hybridized carbons (Fsp3) is 0.148. The molecule has 1 aromatic heterocycles. The maximum Gasteiger partial charge on any atom is 0.150 e. The second kappa shape index (κ2) is 9.23. The lowest BCUT2D eigenvalue weighted by molar-refractivity contribution is 0.112. The van der Waals surface area contributed by atoms with Crippen molar-refractivity contribution in [1.29, 1.82) is 5.26 Å². The van der Waals surface area contributed by atoms with Crippen molar-refractivity contribution in [3.05, 3.63) is 95.6 Å². The molecule has 4 aromatic rings. The Morgan fingerprint density at radius 2 is 1.71 bits per heavy atom. The largest absolute Gasteiger partial charge is 0.352 e. The molecule has 0 saturated carbocycles. The van der Waals surface area contributed by atoms with Crippen molar-refractivity contribution < 1.29 is 4.79 Å². The second-order valence-electron chi connectivity index (χ2n) is 7.52. The van der Waals surface area contributed by atoms with Crippen LogP contribution in [0.2, 0.25) is 0 Å². The number of carbonyl (C=O) groups excluding carboxylic acids is 1. The Bertz CT molecular complexity index is 1240. The second-order valence-corrected chi connectivity index (χ2v) is 7.52. The Hall–Kier alpha value is -3.97. The normalized spacial score (nSPS) is 10.6. The van der Waals surface area contributed by atoms with E-state index in [4.69, 9.17) is 10.2 Å². The number of hydrogen-bond acceptors (Lipinski definition) is 4. The first-order valence-electron chi connectivity index (χ1n) is 10.4. The van der Waals surface area contributed by atoms with Crippen molar-refractivity contribution in [3.8, 4) is 17.2 Å². The summed E-state index contributed by atoms with van der Waals surface area (Å²) in [7, 11) is 0. The van der Waals surface area contributed by atoms with Crippen LogP contribution in [0.1, 0.15) is 34.8 Å². The van der Waals surface area contributed by atoms with Gasteiger partial charge in [0.25, 0.3) is 0 Å². The van der Waals surface area contributed by atoms with Gasteiger partial charge in [0.1, 0.15) is 5.82 Å². The number of rotatable bonds is 7. The molecule has 4 heteroatoms. The number of pyridine rings is 1. The van der Waals surface area contributed by atoms with Crippen LogP contribution in [0.3, 0.4) is 0 Å². The van der Waals surface area contributed by atoms with E-state index >= 15 is 0 Å². The standard InChI is InChI=1S/C27H23N3O/c1-2-14-30(18-21-6-4-3-5-7-21)27-16-24(19-31)25-15-23(12-13-26(25)29-27)22-10-8-20(17-28)9-11-22/h3-13,15-16,19H,2,14,18H2,1H3. The summed E-state index contributed by atoms with van der Waals surface area (Å²) in [6.07, 6.45) is 1.89. The van der Waals surface area contributed by atoms with Crippen molar-refractivity contribution in [2.75, 3.05) is 11.4 Å². The van der Waals surface area contributed by atoms with Crippen LogP contribution in [-0.2, 0) is 6.54 Å². The molecule has 4 nitrogen and oxygen atoms in total. The molecule has 0 fully saturated rings. The van der Waals surface area contributed by atoms with Gasteiger partial charge in [-0.25, -0.2) is 4.98 Å². The molecule has 4 rings (SSSR count). The van der Waals surface area contributed by atoms with Gasteiger partial charge in [-0.3, -0.25) is 4.79 Å². The molecule has 0 saturated heterocycles. The SMILES string of the molecule is CCCN(Cc1ccccc1)c1cc(C=O)c2cc(-c3ccc(C#N)cc3)ccc2n1. The molecule has 0 spiro atoms. The summed E-state index contributed by atoms with van der Waals surface area (Å²) in [6, 6.07) is 27.7. The Morgan fingerprint density at radius 1 is 0.968 bits per heavy atom. The fourth-order valence-corrected chi connectivity index (χ4v) is 3.76. The average Bonchev–Trinajstić information content (AvgIpc) is 2.83. The average molecular weight is 406 g/mol. The topological polar surface area (TPSA) is 57.0 Å². The predicted molar refractivity (Wildman–Crippen MR) is 125 cm³/mol. The predicted octanol–water partition coefficient (Wildman–Crippen LogP) is 6.00. The highest BCUT2D eigenvalue weighted by Gasteiger charge is 2.13. The molecule has 1 heterocycles. The van der Waals surface area contributed by atoms with Crippen LogP contribution in [0.15, 0.2) is 78.9 Å². The lowest BCUT2D eigenvalue weighted by Gasteiger charge is -2.24. The summed E-state index contributed by atoms with van der Waals surface area (Å²) in [6.45, 7) is 3.74. The van der Waals surface area contributed by atoms with E-state index in [-0.39, 0.29) is 0 Å². The van der Waals surface area contributed by atoms with Gasteiger partial charge in [-0.05, 0) is 53.4 Å². The van der Waals surface area contributed by atoms with Crippen LogP contribution in [0, 0.1) is 11.3 Å². The Morgan fingerprint density at radius 3 is 2.39 bits per heavy atom. The summed E-state index contributed by atoms with van der Waals surface area (Å²) in [5.74, 6) is 0.812. The van der Waals surface area contributed by atoms with Gasteiger partial charge in [0.05, 0.1) is 17.1 Å². The highest BCUT2D eigenvalue weighted by atomic mass is 16.1. The lowest BCUT2D eigenvalue weighted by Crippen LogP contribution is -2.24. The van der Waals surface area contributed by atoms with Gasteiger partial charge in [0, 0.05) is 24.0 Å². The number of fused-ring (bicyclic) bond motifs is 1. The van der Waals surface area contributed by atoms with E-state index in [9.17, 15) is 4.79 Å². The van der Waals surface area contributed by atoms with Crippen LogP contribution in [0.5, 0.6) is 0 Å². The maximum atomic E-state index is 12.0. The highest BCUT2D eigenvalue weighted by Crippen LogP contribution is 2.28. The van der Waals surface area contributed by atoms with Crippen molar-refractivity contribution in [2.24, 2.45) is 0 Å². The fourth-order valence-electron chi connectivity index (χ4n) is 3.76. The van der Waals surface area contributed by atoms with Crippen LogP contribution in [0.25, 0.3) is 22.0 Å². The van der Waals surface area contributed by atoms with E-state index in [0.717, 1.165) is 53.6 Å². The van der Waals surface area contributed by atoms with Gasteiger partial charge in [-0.15, -0.1) is 0 Å². The molecule has 0 amide bonds. The van der Waals surface area contributed by atoms with Crippen molar-refractivity contribution in [3.63, 3.8) is 0 Å². The minimum absolute atomic E-state index is 0.624. The number of benzene rings is 3. The molecule has 0 aliphatic heterocycles. The number of carbonyl (C=O) groups is 1. The molecule has 31 heavy (non-hydrogen) atoms. The molecule has 0 N–H and O–H groups in total. The number of anilines is 1. The number of nitriles is 1. The Labute approximate surface area is 182 Å². The van der Waals surface area contributed by atoms with Gasteiger partial charge < -0.3 is 4.90 Å². The third-order valence-corrected chi connectivity index (χ3v) is 5.34. The van der Waals surface area contributed by atoms with E-state index in [1.54, 1.807) is 12.1 Å². The Kier molecular flexibility index (Phi) is 6.05. The zero-order valence-corrected chi connectivity index (χ0v) is 17.5. The minimum Gasteiger partial charge on any atom is -0.352 e. The van der Waals surface area contributed by atoms with E-state index < -0.39 is 0 Å². The van der Waals surface area contributed by atoms with Crippen LogP contribution in [0.4, 0.5) is 5.82 Å². The zero-order chi connectivity index (χ0) is 21.6. The third-order valence-electron chi connectivity index (χ3n) is 5.34. The van der Waals surface area contributed by atoms with E-state index in [2.05, 4.69) is 30.0 Å². The number of nitrogens with zero attached hydrogens (tertiary/aromatic N) is 3. The first-order valence-corrected chi connectivity index (χ1v) is 10.4. The van der Waals surface area contributed by atoms with Crippen LogP contribution in [-0.4, -0.2) is 17.8 Å². The lowest BCUT2D eigenvalue weighted by atomic mass is 10.00. The molecular formula is C27H23N3O. The first-order chi connectivity index (χ1) is 15.2. The van der Waals surface area contributed by atoms with E-state index in [0.29, 0.717) is 11.1 Å². The van der Waals surface area contributed by atoms with Gasteiger partial charge in [0.15, 0.2) is 6.29 Å². The van der Waals surface area contributed by atoms with E-state index in [1.165, 1.54) is 5.56 Å². The Balaban J connectivity index is 1.74. The smallest absolute Gasteiger partial charge is 0.150 e. The quantitative estimate of drug-likeness (QED) is 0.354. The molecule has 0 aliphatic carbocycles. The summed E-state index contributed by atoms with van der Waals surface area (Å²) in [4.78, 5) is 19.1. The van der Waals surface area contributed by atoms with Crippen LogP contribution < -0.4 is 4.90 Å². The minimum atomic E-state index is 0.624. The van der Waals surface area contributed by atoms with E-state index in [1.807, 2.05) is 54.6 Å². The molecule has 0 unspecified atom stereocenters. The monoisotopic (exact) mass is 405 g/mol. The first kappa shape index (κ1) is 20.3. The summed E-state index contributed by atoms with van der Waals surface area (Å²) >= 11 is 0. The van der Waals surface area contributed by atoms with Crippen molar-refractivity contribution >= 4 is 23.0 Å². The molecule has 0 bridgehead atoms. The highest BCUT2D eigenvalue weighted by molar-refractivity contribution is 5.99. The van der Waals surface area contributed by atoms with Gasteiger partial charge in [-0.1, -0.05) is 55.5 Å². The maximum absolute atomic E-state index is 12.0. The molecular weight excluding hydrogens is 382 g/mol. The summed E-state index contributed by atoms with van der Waals surface area (Å²) in [5, 5.41) is 9.84. The third kappa shape index (κ3) is 4.46. The molecule has 0 aliphatic rings. The summed E-state index contributed by atoms with van der Waals surface area (Å²) < 4.78 is 0. The number of aromatic nitrogens is 1. The van der Waals surface area contributed by atoms with Gasteiger partial charge in [-0.2, -0.15) is 5.26 Å². The summed E-state index contributed by atoms with van der Waals surface area (Å²) in [5.41, 5.74) is 5.25. The molecule has 3 aromatic carbocycles. The van der Waals surface area contributed by atoms with Crippen molar-refractivity contribution in [2.45, 2.75) is 19.9 Å². The number of aldehydes is 1. The number of hydrogen-bond donors (Lipinski definition) is 0.